The van der Waals surface area contributed by atoms with Gasteiger partial charge in [-0.25, -0.2) is 9.13 Å². The normalized spacial score (nSPS) is 11.1. The third-order valence-electron chi connectivity index (χ3n) is 16.2. The van der Waals surface area contributed by atoms with Crippen LogP contribution in [0.25, 0.3) is 0 Å². The van der Waals surface area contributed by atoms with Crippen LogP contribution in [0.2, 0.25) is 0 Å². The van der Waals surface area contributed by atoms with E-state index in [0.717, 1.165) is 25.9 Å². The van der Waals surface area contributed by atoms with Crippen molar-refractivity contribution in [1.82, 2.24) is 0 Å². The Balaban J connectivity index is 0.000000137. The van der Waals surface area contributed by atoms with Crippen molar-refractivity contribution in [3.05, 3.63) is 375 Å². The van der Waals surface area contributed by atoms with Crippen molar-refractivity contribution in [2.45, 2.75) is 45.2 Å². The zero-order valence-corrected chi connectivity index (χ0v) is 46.5. The summed E-state index contributed by atoms with van der Waals surface area (Å²) in [6, 6.07) is 117. The third-order valence-corrected chi connectivity index (χ3v) is 16.2. The molecule has 396 valence electrons. The average molecular weight is 1050 g/mol. The van der Waals surface area contributed by atoms with E-state index in [1.54, 1.807) is 0 Å². The fourth-order valence-electron chi connectivity index (χ4n) is 12.2. The molecule has 0 N–H and O–H groups in total. The second-order valence-corrected chi connectivity index (χ2v) is 21.3. The number of hydrogen-bond acceptors (Lipinski definition) is 0. The molecule has 12 rings (SSSR count). The van der Waals surface area contributed by atoms with Crippen LogP contribution >= 0.6 is 0 Å². The maximum Gasteiger partial charge on any atom is 0.169 e. The highest BCUT2D eigenvalue weighted by molar-refractivity contribution is 7.20. The summed E-state index contributed by atoms with van der Waals surface area (Å²) < 4.78 is 4.61. The van der Waals surface area contributed by atoms with Crippen LogP contribution in [0.5, 0.6) is 0 Å². The largest absolute Gasteiger partial charge is 0.205 e. The van der Waals surface area contributed by atoms with Gasteiger partial charge in [-0.3, -0.25) is 0 Å². The molecule has 81 heavy (non-hydrogen) atoms. The van der Waals surface area contributed by atoms with Gasteiger partial charge >= 0.3 is 0 Å². The molecule has 0 aliphatic heterocycles. The van der Waals surface area contributed by atoms with Crippen LogP contribution in [0.15, 0.2) is 352 Å². The number of aromatic nitrogens is 2. The molecule has 0 unspecified atom stereocenters. The van der Waals surface area contributed by atoms with Crippen LogP contribution in [0.3, 0.4) is 0 Å². The van der Waals surface area contributed by atoms with Crippen LogP contribution in [0.1, 0.15) is 41.5 Å². The molecule has 4 heteroatoms. The maximum atomic E-state index is 2.31. The van der Waals surface area contributed by atoms with Gasteiger partial charge in [0.1, 0.15) is 25.4 Å². The summed E-state index contributed by atoms with van der Waals surface area (Å²) in [6.45, 7) is 2.18. The highest BCUT2D eigenvalue weighted by Crippen LogP contribution is 2.13. The van der Waals surface area contributed by atoms with Crippen LogP contribution in [0.4, 0.5) is 0 Å². The molecule has 0 bridgehead atoms. The van der Waals surface area contributed by atoms with Gasteiger partial charge < -0.3 is 0 Å². The second kappa shape index (κ2) is 28.5. The Bertz CT molecular complexity index is 3080. The molecule has 0 aliphatic carbocycles. The first kappa shape index (κ1) is 55.0. The smallest absolute Gasteiger partial charge is 0.169 e. The minimum atomic E-state index is -1.22. The number of hydrogen-bond donors (Lipinski definition) is 0. The summed E-state index contributed by atoms with van der Waals surface area (Å²) in [5.41, 5.74) is 16.2. The fourth-order valence-corrected chi connectivity index (χ4v) is 12.2. The quantitative estimate of drug-likeness (QED) is 0.0460. The van der Waals surface area contributed by atoms with Crippen molar-refractivity contribution in [2.24, 2.45) is 0 Å². The molecule has 0 aliphatic rings. The molecule has 0 amide bonds. The zero-order valence-electron chi connectivity index (χ0n) is 46.5. The van der Waals surface area contributed by atoms with E-state index < -0.39 is 12.3 Å². The number of rotatable bonds is 18. The highest BCUT2D eigenvalue weighted by Gasteiger charge is 2.32. The molecule has 2 heterocycles. The molecule has 0 spiro atoms. The lowest BCUT2D eigenvalue weighted by Gasteiger charge is -2.44. The number of benzene rings is 10. The zero-order chi connectivity index (χ0) is 55.0. The summed E-state index contributed by atoms with van der Waals surface area (Å²) in [6.07, 6.45) is 12.1. The monoisotopic (exact) mass is 1050 g/mol. The second-order valence-electron chi connectivity index (χ2n) is 21.3. The lowest BCUT2D eigenvalue weighted by atomic mass is 9.13. The van der Waals surface area contributed by atoms with Gasteiger partial charge in [-0.15, -0.1) is 0 Å². The molecule has 0 saturated carbocycles. The van der Waals surface area contributed by atoms with Crippen molar-refractivity contribution in [3.8, 4) is 0 Å². The van der Waals surface area contributed by atoms with Crippen LogP contribution in [0, 0.1) is 0 Å². The summed E-state index contributed by atoms with van der Waals surface area (Å²) in [5, 5.41) is 0. The maximum absolute atomic E-state index is 2.31. The predicted molar refractivity (Wildman–Crippen MR) is 346 cm³/mol. The molecule has 0 fully saturated rings. The van der Waals surface area contributed by atoms with E-state index in [-0.39, 0.29) is 0 Å². The van der Waals surface area contributed by atoms with Gasteiger partial charge in [0.15, 0.2) is 24.8 Å². The van der Waals surface area contributed by atoms with Crippen molar-refractivity contribution in [1.29, 1.82) is 0 Å². The van der Waals surface area contributed by atoms with Gasteiger partial charge in [-0.2, -0.15) is 43.7 Å². The molecule has 0 radical (unpaired) electrons. The van der Waals surface area contributed by atoms with Crippen LogP contribution in [-0.4, -0.2) is 12.3 Å². The SMILES string of the molecule is c1ccc(Cc2cc[n+](CCCCC[n+]3ccc(Cc4ccccc4)cc3)cc2)cc1.c1ccc([B-](c2ccccc2)(c2ccccc2)c2ccccc2)cc1.c1ccc([B-](c2ccccc2)(c2ccccc2)c2ccccc2)cc1. The van der Waals surface area contributed by atoms with E-state index in [9.17, 15) is 0 Å². The summed E-state index contributed by atoms with van der Waals surface area (Å²) in [4.78, 5) is 0. The van der Waals surface area contributed by atoms with E-state index in [1.807, 2.05) is 0 Å². The molecule has 0 saturated heterocycles. The average Bonchev–Trinajstić information content (AvgIpc) is 3.74. The summed E-state index contributed by atoms with van der Waals surface area (Å²) >= 11 is 0. The first-order chi connectivity index (χ1) is 40.2. The minimum absolute atomic E-state index is 1.00. The van der Waals surface area contributed by atoms with Gasteiger partial charge in [-0.05, 0) is 41.5 Å². The number of unbranched alkanes of at least 4 members (excludes halogenated alkanes) is 2. The molecule has 0 atom stereocenters. The Labute approximate surface area is 482 Å². The minimum Gasteiger partial charge on any atom is -0.205 e. The number of nitrogens with zero attached hydrogens (tertiary/aromatic N) is 2. The first-order valence-corrected chi connectivity index (χ1v) is 29.0. The molecule has 10 aromatic carbocycles. The van der Waals surface area contributed by atoms with Gasteiger partial charge in [0.25, 0.3) is 0 Å². The Kier molecular flexibility index (Phi) is 19.3. The van der Waals surface area contributed by atoms with Crippen LogP contribution in [-0.2, 0) is 25.9 Å². The molecule has 12 aromatic rings. The third kappa shape index (κ3) is 13.9. The topological polar surface area (TPSA) is 7.76 Å². The van der Waals surface area contributed by atoms with Gasteiger partial charge in [0.05, 0.1) is 0 Å². The molecule has 2 aromatic heterocycles. The molecule has 2 nitrogen and oxygen atoms in total. The lowest BCUT2D eigenvalue weighted by Crippen LogP contribution is -2.74. The standard InChI is InChI=1S/C29H32N2.2C24H20B/c1-4-10-26(11-5-1)24-28-14-20-30(21-15-28)18-8-3-9-19-31-22-16-29(17-23-31)25-27-12-6-2-7-13-27;2*1-5-13-21(14-6-1)25(22-15-7-2-8-16-22,23-17-9-3-10-18-23)24-19-11-4-12-20-24/h1-2,4-7,10-17,20-23H,3,8-9,18-19,24-25H2;2*1-20H/q+2;2*-1. The van der Waals surface area contributed by atoms with E-state index in [4.69, 9.17) is 0 Å². The van der Waals surface area contributed by atoms with Gasteiger partial charge in [0.2, 0.25) is 0 Å². The van der Waals surface area contributed by atoms with Gasteiger partial charge in [-0.1, -0.05) is 303 Å². The molecular formula is C77H72B2N2. The van der Waals surface area contributed by atoms with Crippen molar-refractivity contribution < 1.29 is 9.13 Å². The summed E-state index contributed by atoms with van der Waals surface area (Å²) in [7, 11) is 0. The number of aryl methyl sites for hydroxylation is 2. The summed E-state index contributed by atoms with van der Waals surface area (Å²) in [5.74, 6) is 0. The van der Waals surface area contributed by atoms with Crippen molar-refractivity contribution in [2.75, 3.05) is 0 Å². The van der Waals surface area contributed by atoms with Crippen LogP contribution < -0.4 is 52.8 Å². The number of pyridine rings is 2. The van der Waals surface area contributed by atoms with Crippen molar-refractivity contribution in [3.63, 3.8) is 0 Å². The predicted octanol–water partition coefficient (Wildman–Crippen LogP) is 11.4. The molecular weight excluding hydrogens is 974 g/mol. The van der Waals surface area contributed by atoms with Crippen molar-refractivity contribution >= 4 is 56.0 Å². The Morgan fingerprint density at radius 2 is 0.358 bits per heavy atom. The Hall–Kier alpha value is -9.37. The lowest BCUT2D eigenvalue weighted by molar-refractivity contribution is -0.701. The first-order valence-electron chi connectivity index (χ1n) is 29.0. The van der Waals surface area contributed by atoms with E-state index in [2.05, 4.69) is 362 Å². The fraction of sp³-hybridized carbons (Fsp3) is 0.0909. The Morgan fingerprint density at radius 1 is 0.185 bits per heavy atom. The van der Waals surface area contributed by atoms with E-state index >= 15 is 0 Å². The van der Waals surface area contributed by atoms with E-state index in [1.165, 1.54) is 85.2 Å². The Morgan fingerprint density at radius 3 is 0.556 bits per heavy atom. The highest BCUT2D eigenvalue weighted by atomic mass is 14.9. The van der Waals surface area contributed by atoms with E-state index in [0.29, 0.717) is 0 Å². The van der Waals surface area contributed by atoms with Gasteiger partial charge in [0, 0.05) is 37.1 Å².